The van der Waals surface area contributed by atoms with Crippen molar-refractivity contribution in [2.75, 3.05) is 13.1 Å². The van der Waals surface area contributed by atoms with Gasteiger partial charge in [0.05, 0.1) is 5.92 Å². The number of hydrogen-bond acceptors (Lipinski definition) is 3. The van der Waals surface area contributed by atoms with E-state index in [1.54, 1.807) is 19.3 Å². The van der Waals surface area contributed by atoms with Gasteiger partial charge in [-0.15, -0.1) is 0 Å². The Bertz CT molecular complexity index is 395. The summed E-state index contributed by atoms with van der Waals surface area (Å²) in [6, 6.07) is 3.41. The van der Waals surface area contributed by atoms with Crippen molar-refractivity contribution in [2.24, 2.45) is 5.92 Å². The number of carboxylic acid groups (broad SMARTS) is 1. The van der Waals surface area contributed by atoms with Gasteiger partial charge in [0.25, 0.3) is 0 Å². The second kappa shape index (κ2) is 7.26. The predicted octanol–water partition coefficient (Wildman–Crippen LogP) is 0.644. The summed E-state index contributed by atoms with van der Waals surface area (Å²) in [6.07, 6.45) is 4.11. The summed E-state index contributed by atoms with van der Waals surface area (Å²) in [5.74, 6) is -1.51. The molecule has 6 heteroatoms. The third kappa shape index (κ3) is 5.29. The van der Waals surface area contributed by atoms with Crippen LogP contribution in [0, 0.1) is 5.92 Å². The molecule has 3 N–H and O–H groups in total. The van der Waals surface area contributed by atoms with E-state index in [4.69, 9.17) is 5.11 Å². The molecule has 1 aromatic rings. The predicted molar refractivity (Wildman–Crippen MR) is 66.1 cm³/mol. The van der Waals surface area contributed by atoms with Crippen molar-refractivity contribution in [1.82, 2.24) is 15.6 Å². The van der Waals surface area contributed by atoms with Crippen LogP contribution in [-0.2, 0) is 11.2 Å². The Morgan fingerprint density at radius 2 is 2.00 bits per heavy atom. The summed E-state index contributed by atoms with van der Waals surface area (Å²) in [5, 5.41) is 13.8. The first-order valence-electron chi connectivity index (χ1n) is 5.73. The average Bonchev–Trinajstić information content (AvgIpc) is 2.37. The number of nitrogens with zero attached hydrogens (tertiary/aromatic N) is 1. The molecular weight excluding hydrogens is 234 g/mol. The summed E-state index contributed by atoms with van der Waals surface area (Å²) in [7, 11) is 0. The van der Waals surface area contributed by atoms with Gasteiger partial charge < -0.3 is 15.7 Å². The van der Waals surface area contributed by atoms with E-state index in [1.165, 1.54) is 0 Å². The molecule has 18 heavy (non-hydrogen) atoms. The molecule has 1 aromatic heterocycles. The molecule has 1 atom stereocenters. The summed E-state index contributed by atoms with van der Waals surface area (Å²) in [6.45, 7) is 2.16. The molecule has 0 aliphatic rings. The van der Waals surface area contributed by atoms with Gasteiger partial charge in [-0.2, -0.15) is 0 Å². The molecule has 0 aromatic carbocycles. The Kier molecular flexibility index (Phi) is 5.63. The van der Waals surface area contributed by atoms with Gasteiger partial charge in [-0.1, -0.05) is 6.92 Å². The minimum absolute atomic E-state index is 0.121. The molecule has 0 fully saturated rings. The molecule has 6 nitrogen and oxygen atoms in total. The van der Waals surface area contributed by atoms with E-state index in [9.17, 15) is 9.59 Å². The van der Waals surface area contributed by atoms with Crippen molar-refractivity contribution in [3.63, 3.8) is 0 Å². The Balaban J connectivity index is 2.16. The number of pyridine rings is 1. The molecule has 1 unspecified atom stereocenters. The molecule has 0 saturated heterocycles. The molecule has 0 bridgehead atoms. The number of aliphatic carboxylic acids is 1. The van der Waals surface area contributed by atoms with Crippen molar-refractivity contribution in [3.05, 3.63) is 30.1 Å². The molecule has 0 saturated carbocycles. The molecule has 0 spiro atoms. The van der Waals surface area contributed by atoms with Crippen molar-refractivity contribution in [2.45, 2.75) is 13.3 Å². The lowest BCUT2D eigenvalue weighted by molar-refractivity contribution is -0.140. The zero-order valence-corrected chi connectivity index (χ0v) is 10.2. The maximum atomic E-state index is 11.3. The Morgan fingerprint density at radius 3 is 2.61 bits per heavy atom. The molecular formula is C12H17N3O3. The summed E-state index contributed by atoms with van der Waals surface area (Å²) >= 11 is 0. The summed E-state index contributed by atoms with van der Waals surface area (Å²) in [4.78, 5) is 25.8. The third-order valence-corrected chi connectivity index (χ3v) is 2.44. The minimum Gasteiger partial charge on any atom is -0.481 e. The van der Waals surface area contributed by atoms with Crippen LogP contribution in [0.15, 0.2) is 24.5 Å². The van der Waals surface area contributed by atoms with E-state index in [0.29, 0.717) is 13.0 Å². The van der Waals surface area contributed by atoms with Crippen molar-refractivity contribution >= 4 is 12.0 Å². The number of carbonyl (C=O) groups excluding carboxylic acids is 1. The summed E-state index contributed by atoms with van der Waals surface area (Å²) < 4.78 is 0. The number of aromatic nitrogens is 1. The minimum atomic E-state index is -0.924. The van der Waals surface area contributed by atoms with E-state index in [0.717, 1.165) is 5.56 Å². The first-order valence-corrected chi connectivity index (χ1v) is 5.73. The molecule has 0 radical (unpaired) electrons. The number of rotatable bonds is 6. The number of carboxylic acids is 1. The lowest BCUT2D eigenvalue weighted by Crippen LogP contribution is -2.39. The van der Waals surface area contributed by atoms with Gasteiger partial charge in [0.2, 0.25) is 0 Å². The quantitative estimate of drug-likeness (QED) is 0.692. The van der Waals surface area contributed by atoms with Crippen LogP contribution < -0.4 is 10.6 Å². The monoisotopic (exact) mass is 251 g/mol. The highest BCUT2D eigenvalue weighted by molar-refractivity contribution is 5.75. The lowest BCUT2D eigenvalue weighted by Gasteiger charge is -2.09. The van der Waals surface area contributed by atoms with Gasteiger partial charge >= 0.3 is 12.0 Å². The molecule has 98 valence electrons. The Morgan fingerprint density at radius 1 is 1.33 bits per heavy atom. The molecule has 2 amide bonds. The van der Waals surface area contributed by atoms with Crippen molar-refractivity contribution < 1.29 is 14.7 Å². The van der Waals surface area contributed by atoms with Crippen molar-refractivity contribution in [1.29, 1.82) is 0 Å². The summed E-state index contributed by atoms with van der Waals surface area (Å²) in [5.41, 5.74) is 1.09. The Hall–Kier alpha value is -2.11. The zero-order valence-electron chi connectivity index (χ0n) is 10.2. The van der Waals surface area contributed by atoms with E-state index < -0.39 is 11.9 Å². The van der Waals surface area contributed by atoms with Crippen LogP contribution in [-0.4, -0.2) is 35.2 Å². The fraction of sp³-hybridized carbons (Fsp3) is 0.417. The average molecular weight is 251 g/mol. The molecule has 0 aliphatic carbocycles. The van der Waals surface area contributed by atoms with Crippen LogP contribution in [0.25, 0.3) is 0 Å². The number of urea groups is 1. The van der Waals surface area contributed by atoms with E-state index in [2.05, 4.69) is 15.6 Å². The lowest BCUT2D eigenvalue weighted by atomic mass is 10.2. The Labute approximate surface area is 105 Å². The number of nitrogens with one attached hydrogen (secondary N) is 2. The molecule has 0 aliphatic heterocycles. The standard InChI is InChI=1S/C12H17N3O3/c1-9(11(16)17)8-15-12(18)14-7-4-10-2-5-13-6-3-10/h2-3,5-6,9H,4,7-8H2,1H3,(H,16,17)(H2,14,15,18). The highest BCUT2D eigenvalue weighted by Crippen LogP contribution is 1.96. The van der Waals surface area contributed by atoms with Gasteiger partial charge in [-0.3, -0.25) is 9.78 Å². The first kappa shape index (κ1) is 14.0. The fourth-order valence-corrected chi connectivity index (χ4v) is 1.27. The van der Waals surface area contributed by atoms with Crippen LogP contribution in [0.3, 0.4) is 0 Å². The van der Waals surface area contributed by atoms with Gasteiger partial charge in [-0.25, -0.2) is 4.79 Å². The van der Waals surface area contributed by atoms with Gasteiger partial charge in [-0.05, 0) is 24.1 Å². The van der Waals surface area contributed by atoms with Crippen LogP contribution in [0.4, 0.5) is 4.79 Å². The van der Waals surface area contributed by atoms with Gasteiger partial charge in [0.15, 0.2) is 0 Å². The van der Waals surface area contributed by atoms with E-state index >= 15 is 0 Å². The van der Waals surface area contributed by atoms with E-state index in [-0.39, 0.29) is 12.6 Å². The van der Waals surface area contributed by atoms with Crippen molar-refractivity contribution in [3.8, 4) is 0 Å². The highest BCUT2D eigenvalue weighted by Gasteiger charge is 2.11. The highest BCUT2D eigenvalue weighted by atomic mass is 16.4. The van der Waals surface area contributed by atoms with Gasteiger partial charge in [0.1, 0.15) is 0 Å². The smallest absolute Gasteiger partial charge is 0.314 e. The zero-order chi connectivity index (χ0) is 13.4. The third-order valence-electron chi connectivity index (χ3n) is 2.44. The van der Waals surface area contributed by atoms with Crippen LogP contribution in [0.2, 0.25) is 0 Å². The van der Waals surface area contributed by atoms with E-state index in [1.807, 2.05) is 12.1 Å². The number of carbonyl (C=O) groups is 2. The second-order valence-electron chi connectivity index (χ2n) is 3.98. The largest absolute Gasteiger partial charge is 0.481 e. The SMILES string of the molecule is CC(CNC(=O)NCCc1ccncc1)C(=O)O. The van der Waals surface area contributed by atoms with Crippen LogP contribution in [0.5, 0.6) is 0 Å². The van der Waals surface area contributed by atoms with Gasteiger partial charge in [0, 0.05) is 25.5 Å². The first-order chi connectivity index (χ1) is 8.59. The molecule has 1 heterocycles. The fourth-order valence-electron chi connectivity index (χ4n) is 1.27. The maximum Gasteiger partial charge on any atom is 0.314 e. The van der Waals surface area contributed by atoms with Crippen LogP contribution in [0.1, 0.15) is 12.5 Å². The van der Waals surface area contributed by atoms with Crippen LogP contribution >= 0.6 is 0 Å². The maximum absolute atomic E-state index is 11.3. The molecule has 1 rings (SSSR count). The number of hydrogen-bond donors (Lipinski definition) is 3. The normalized spacial score (nSPS) is 11.6. The second-order valence-corrected chi connectivity index (χ2v) is 3.98. The topological polar surface area (TPSA) is 91.3 Å². The number of amides is 2.